The summed E-state index contributed by atoms with van der Waals surface area (Å²) in [6.07, 6.45) is 4.75. The van der Waals surface area contributed by atoms with Gasteiger partial charge in [-0.3, -0.25) is 5.32 Å². The van der Waals surface area contributed by atoms with Crippen LogP contribution in [0.25, 0.3) is 0 Å². The minimum atomic E-state index is -0.357. The Morgan fingerprint density at radius 3 is 2.33 bits per heavy atom. The van der Waals surface area contributed by atoms with E-state index in [9.17, 15) is 5.11 Å². The van der Waals surface area contributed by atoms with E-state index < -0.39 is 0 Å². The molecule has 3 N–H and O–H groups in total. The van der Waals surface area contributed by atoms with Gasteiger partial charge in [0.25, 0.3) is 0 Å². The van der Waals surface area contributed by atoms with Gasteiger partial charge < -0.3 is 10.4 Å². The number of hydrogen-bond donors (Lipinski definition) is 3. The zero-order valence-corrected chi connectivity index (χ0v) is 7.59. The van der Waals surface area contributed by atoms with E-state index in [4.69, 9.17) is 0 Å². The molecule has 0 bridgehead atoms. The fourth-order valence-electron chi connectivity index (χ4n) is 2.32. The topological polar surface area (TPSA) is 44.3 Å². The lowest BCUT2D eigenvalue weighted by atomic mass is 9.87. The number of fused-ring (bicyclic) bond motifs is 1. The van der Waals surface area contributed by atoms with Crippen LogP contribution in [0.5, 0.6) is 0 Å². The maximum absolute atomic E-state index is 9.54. The Bertz CT molecular complexity index is 145. The second kappa shape index (κ2) is 3.32. The van der Waals surface area contributed by atoms with E-state index in [0.717, 1.165) is 0 Å². The molecule has 1 heterocycles. The number of aliphatic hydroxyl groups is 1. The lowest BCUT2D eigenvalue weighted by molar-refractivity contribution is 0.0317. The molecule has 4 atom stereocenters. The van der Waals surface area contributed by atoms with Crippen molar-refractivity contribution in [1.29, 1.82) is 0 Å². The van der Waals surface area contributed by atoms with Crippen molar-refractivity contribution in [3.8, 4) is 0 Å². The molecule has 0 aromatic heterocycles. The number of hydrogen-bond acceptors (Lipinski definition) is 3. The van der Waals surface area contributed by atoms with Crippen LogP contribution in [-0.4, -0.2) is 29.5 Å². The van der Waals surface area contributed by atoms with Crippen LogP contribution in [0.4, 0.5) is 0 Å². The van der Waals surface area contributed by atoms with Crippen LogP contribution in [0.1, 0.15) is 32.6 Å². The highest BCUT2D eigenvalue weighted by molar-refractivity contribution is 4.94. The van der Waals surface area contributed by atoms with E-state index in [2.05, 4.69) is 10.6 Å². The third-order valence-electron chi connectivity index (χ3n) is 3.10. The van der Waals surface area contributed by atoms with E-state index in [1.807, 2.05) is 6.92 Å². The molecule has 0 amide bonds. The fraction of sp³-hybridized carbons (Fsp3) is 1.00. The highest BCUT2D eigenvalue weighted by Crippen LogP contribution is 2.22. The van der Waals surface area contributed by atoms with Crippen LogP contribution in [0.3, 0.4) is 0 Å². The molecule has 0 radical (unpaired) electrons. The molecule has 2 rings (SSSR count). The molecule has 3 heteroatoms. The highest BCUT2D eigenvalue weighted by atomic mass is 16.3. The highest BCUT2D eigenvalue weighted by Gasteiger charge is 2.33. The minimum absolute atomic E-state index is 0.198. The average Bonchev–Trinajstić information content (AvgIpc) is 2.07. The Morgan fingerprint density at radius 2 is 1.67 bits per heavy atom. The molecule has 4 unspecified atom stereocenters. The van der Waals surface area contributed by atoms with Gasteiger partial charge in [-0.05, 0) is 19.8 Å². The van der Waals surface area contributed by atoms with E-state index in [-0.39, 0.29) is 12.3 Å². The van der Waals surface area contributed by atoms with Crippen LogP contribution in [0.2, 0.25) is 0 Å². The first-order valence-electron chi connectivity index (χ1n) is 4.97. The minimum Gasteiger partial charge on any atom is -0.377 e. The van der Waals surface area contributed by atoms with Gasteiger partial charge in [-0.1, -0.05) is 12.8 Å². The van der Waals surface area contributed by atoms with Gasteiger partial charge in [0.15, 0.2) is 0 Å². The van der Waals surface area contributed by atoms with Gasteiger partial charge in [0.1, 0.15) is 6.23 Å². The first-order chi connectivity index (χ1) is 5.77. The summed E-state index contributed by atoms with van der Waals surface area (Å²) in [5.41, 5.74) is 0. The van der Waals surface area contributed by atoms with Gasteiger partial charge in [0, 0.05) is 18.1 Å². The SMILES string of the molecule is CC1NC2CCCCC2NC1O. The number of nitrogens with one attached hydrogen (secondary N) is 2. The molecule has 2 fully saturated rings. The van der Waals surface area contributed by atoms with Crippen LogP contribution in [0.15, 0.2) is 0 Å². The maximum Gasteiger partial charge on any atom is 0.120 e. The van der Waals surface area contributed by atoms with Gasteiger partial charge >= 0.3 is 0 Å². The van der Waals surface area contributed by atoms with E-state index >= 15 is 0 Å². The number of rotatable bonds is 0. The summed E-state index contributed by atoms with van der Waals surface area (Å²) in [6.45, 7) is 2.03. The summed E-state index contributed by atoms with van der Waals surface area (Å²) < 4.78 is 0. The van der Waals surface area contributed by atoms with Crippen molar-refractivity contribution < 1.29 is 5.11 Å². The largest absolute Gasteiger partial charge is 0.377 e. The van der Waals surface area contributed by atoms with Crippen molar-refractivity contribution in [2.45, 2.75) is 57.0 Å². The van der Waals surface area contributed by atoms with Crippen molar-refractivity contribution in [1.82, 2.24) is 10.6 Å². The van der Waals surface area contributed by atoms with Crippen LogP contribution < -0.4 is 10.6 Å². The average molecular weight is 170 g/mol. The molecule has 1 saturated carbocycles. The molecule has 1 aliphatic heterocycles. The monoisotopic (exact) mass is 170 g/mol. The molecule has 70 valence electrons. The Labute approximate surface area is 73.5 Å². The summed E-state index contributed by atoms with van der Waals surface area (Å²) in [6, 6.07) is 1.30. The number of aliphatic hydroxyl groups excluding tert-OH is 1. The first-order valence-corrected chi connectivity index (χ1v) is 4.97. The van der Waals surface area contributed by atoms with Crippen molar-refractivity contribution >= 4 is 0 Å². The molecular formula is C9H18N2O. The van der Waals surface area contributed by atoms with Gasteiger partial charge in [0.2, 0.25) is 0 Å². The second-order valence-corrected chi connectivity index (χ2v) is 4.06. The summed E-state index contributed by atoms with van der Waals surface area (Å²) >= 11 is 0. The van der Waals surface area contributed by atoms with Crippen molar-refractivity contribution in [3.05, 3.63) is 0 Å². The van der Waals surface area contributed by atoms with E-state index in [1.165, 1.54) is 25.7 Å². The van der Waals surface area contributed by atoms with Crippen molar-refractivity contribution in [2.75, 3.05) is 0 Å². The van der Waals surface area contributed by atoms with Gasteiger partial charge in [-0.2, -0.15) is 0 Å². The number of piperazine rings is 1. The molecule has 0 aromatic rings. The molecule has 0 aromatic carbocycles. The van der Waals surface area contributed by atoms with Crippen LogP contribution in [0, 0.1) is 0 Å². The van der Waals surface area contributed by atoms with Crippen LogP contribution in [-0.2, 0) is 0 Å². The third-order valence-corrected chi connectivity index (χ3v) is 3.10. The summed E-state index contributed by atoms with van der Waals surface area (Å²) in [4.78, 5) is 0. The zero-order chi connectivity index (χ0) is 8.55. The molecule has 12 heavy (non-hydrogen) atoms. The summed E-state index contributed by atoms with van der Waals surface area (Å²) in [7, 11) is 0. The lowest BCUT2D eigenvalue weighted by Gasteiger charge is -2.42. The Balaban J connectivity index is 1.98. The summed E-state index contributed by atoms with van der Waals surface area (Å²) in [5.74, 6) is 0. The molecule has 1 aliphatic carbocycles. The molecule has 0 spiro atoms. The van der Waals surface area contributed by atoms with E-state index in [1.54, 1.807) is 0 Å². The van der Waals surface area contributed by atoms with Crippen LogP contribution >= 0.6 is 0 Å². The Kier molecular flexibility index (Phi) is 2.35. The van der Waals surface area contributed by atoms with Crippen molar-refractivity contribution in [2.24, 2.45) is 0 Å². The zero-order valence-electron chi connectivity index (χ0n) is 7.59. The molecule has 1 saturated heterocycles. The van der Waals surface area contributed by atoms with Gasteiger partial charge in [-0.15, -0.1) is 0 Å². The smallest absolute Gasteiger partial charge is 0.120 e. The fourth-order valence-corrected chi connectivity index (χ4v) is 2.32. The normalized spacial score (nSPS) is 48.5. The Hall–Kier alpha value is -0.120. The van der Waals surface area contributed by atoms with E-state index in [0.29, 0.717) is 12.1 Å². The standard InChI is InChI=1S/C9H18N2O/c1-6-9(12)11-8-5-3-2-4-7(8)10-6/h6-12H,2-5H2,1H3. The maximum atomic E-state index is 9.54. The molecular weight excluding hydrogens is 152 g/mol. The lowest BCUT2D eigenvalue weighted by Crippen LogP contribution is -2.65. The quantitative estimate of drug-likeness (QED) is 0.486. The molecule has 2 aliphatic rings. The summed E-state index contributed by atoms with van der Waals surface area (Å²) in [5, 5.41) is 16.3. The predicted molar refractivity (Wildman–Crippen MR) is 47.8 cm³/mol. The predicted octanol–water partition coefficient (Wildman–Crippen LogP) is 0.197. The first kappa shape index (κ1) is 8.48. The second-order valence-electron chi connectivity index (χ2n) is 4.06. The molecule has 3 nitrogen and oxygen atoms in total. The third kappa shape index (κ3) is 1.49. The Morgan fingerprint density at radius 1 is 1.08 bits per heavy atom. The van der Waals surface area contributed by atoms with Gasteiger partial charge in [0.05, 0.1) is 0 Å². The van der Waals surface area contributed by atoms with Gasteiger partial charge in [-0.25, -0.2) is 0 Å². The van der Waals surface area contributed by atoms with Crippen molar-refractivity contribution in [3.63, 3.8) is 0 Å².